The first-order valence-electron chi connectivity index (χ1n) is 6.49. The fourth-order valence-corrected chi connectivity index (χ4v) is 2.60. The quantitative estimate of drug-likeness (QED) is 0.851. The van der Waals surface area contributed by atoms with Gasteiger partial charge in [0, 0.05) is 30.0 Å². The second-order valence-corrected chi connectivity index (χ2v) is 4.98. The SMILES string of the molecule is N#Cc1ccc(F)c(CN2CCc3ccc(N)cc32)c1. The fraction of sp³-hybridized carbons (Fsp3) is 0.188. The van der Waals surface area contributed by atoms with Gasteiger partial charge in [-0.25, -0.2) is 4.39 Å². The van der Waals surface area contributed by atoms with E-state index in [1.807, 2.05) is 24.3 Å². The van der Waals surface area contributed by atoms with Crippen molar-refractivity contribution in [3.8, 4) is 6.07 Å². The maximum absolute atomic E-state index is 13.9. The van der Waals surface area contributed by atoms with Gasteiger partial charge in [0.25, 0.3) is 0 Å². The van der Waals surface area contributed by atoms with Crippen molar-refractivity contribution in [1.29, 1.82) is 5.26 Å². The van der Waals surface area contributed by atoms with Crippen LogP contribution in [0.15, 0.2) is 36.4 Å². The number of nitrogen functional groups attached to an aromatic ring is 1. The number of hydrogen-bond donors (Lipinski definition) is 1. The highest BCUT2D eigenvalue weighted by molar-refractivity contribution is 5.64. The van der Waals surface area contributed by atoms with E-state index in [0.717, 1.165) is 18.7 Å². The predicted molar refractivity (Wildman–Crippen MR) is 76.7 cm³/mol. The molecule has 2 aromatic rings. The zero-order valence-electron chi connectivity index (χ0n) is 10.9. The number of nitrogens with zero attached hydrogens (tertiary/aromatic N) is 2. The zero-order chi connectivity index (χ0) is 14.1. The summed E-state index contributed by atoms with van der Waals surface area (Å²) in [6.45, 7) is 1.30. The number of halogens is 1. The van der Waals surface area contributed by atoms with Crippen molar-refractivity contribution >= 4 is 11.4 Å². The molecule has 0 fully saturated rings. The van der Waals surface area contributed by atoms with Crippen LogP contribution < -0.4 is 10.6 Å². The second kappa shape index (κ2) is 4.86. The first-order valence-corrected chi connectivity index (χ1v) is 6.49. The fourth-order valence-electron chi connectivity index (χ4n) is 2.60. The van der Waals surface area contributed by atoms with E-state index in [9.17, 15) is 4.39 Å². The molecule has 2 aromatic carbocycles. The molecule has 0 spiro atoms. The Hall–Kier alpha value is -2.54. The van der Waals surface area contributed by atoms with Crippen molar-refractivity contribution in [1.82, 2.24) is 0 Å². The van der Waals surface area contributed by atoms with Gasteiger partial charge in [-0.15, -0.1) is 0 Å². The summed E-state index contributed by atoms with van der Waals surface area (Å²) < 4.78 is 13.9. The summed E-state index contributed by atoms with van der Waals surface area (Å²) in [6, 6.07) is 12.3. The Kier molecular flexibility index (Phi) is 3.03. The van der Waals surface area contributed by atoms with Crippen molar-refractivity contribution in [2.45, 2.75) is 13.0 Å². The lowest BCUT2D eigenvalue weighted by molar-refractivity contribution is 0.605. The largest absolute Gasteiger partial charge is 0.399 e. The monoisotopic (exact) mass is 267 g/mol. The van der Waals surface area contributed by atoms with Crippen LogP contribution in [0, 0.1) is 17.1 Å². The highest BCUT2D eigenvalue weighted by Gasteiger charge is 2.20. The number of hydrogen-bond acceptors (Lipinski definition) is 3. The minimum absolute atomic E-state index is 0.277. The molecule has 2 N–H and O–H groups in total. The molecule has 0 radical (unpaired) electrons. The second-order valence-electron chi connectivity index (χ2n) is 4.98. The number of anilines is 2. The Bertz CT molecular complexity index is 703. The smallest absolute Gasteiger partial charge is 0.128 e. The molecule has 1 aliphatic rings. The van der Waals surface area contributed by atoms with E-state index in [2.05, 4.69) is 4.90 Å². The van der Waals surface area contributed by atoms with Crippen LogP contribution >= 0.6 is 0 Å². The molecule has 3 rings (SSSR count). The van der Waals surface area contributed by atoms with E-state index in [1.54, 1.807) is 6.07 Å². The molecule has 0 unspecified atom stereocenters. The molecule has 0 saturated carbocycles. The number of nitriles is 1. The van der Waals surface area contributed by atoms with Gasteiger partial charge >= 0.3 is 0 Å². The Morgan fingerprint density at radius 2 is 2.10 bits per heavy atom. The molecule has 0 aromatic heterocycles. The lowest BCUT2D eigenvalue weighted by atomic mass is 10.1. The van der Waals surface area contributed by atoms with Crippen LogP contribution in [0.25, 0.3) is 0 Å². The topological polar surface area (TPSA) is 53.0 Å². The summed E-state index contributed by atoms with van der Waals surface area (Å²) in [5.74, 6) is -0.277. The molecular formula is C16H14FN3. The third kappa shape index (κ3) is 2.19. The van der Waals surface area contributed by atoms with Crippen molar-refractivity contribution in [2.24, 2.45) is 0 Å². The third-order valence-electron chi connectivity index (χ3n) is 3.64. The Morgan fingerprint density at radius 3 is 2.90 bits per heavy atom. The predicted octanol–water partition coefficient (Wildman–Crippen LogP) is 2.84. The first-order chi connectivity index (χ1) is 9.67. The van der Waals surface area contributed by atoms with Gasteiger partial charge in [-0.2, -0.15) is 5.26 Å². The minimum atomic E-state index is -0.277. The highest BCUT2D eigenvalue weighted by atomic mass is 19.1. The van der Waals surface area contributed by atoms with Crippen LogP contribution in [0.3, 0.4) is 0 Å². The summed E-state index contributed by atoms with van der Waals surface area (Å²) in [4.78, 5) is 2.10. The lowest BCUT2D eigenvalue weighted by Crippen LogP contribution is -2.20. The molecule has 0 amide bonds. The van der Waals surface area contributed by atoms with Gasteiger partial charge in [-0.05, 0) is 42.3 Å². The third-order valence-corrected chi connectivity index (χ3v) is 3.64. The van der Waals surface area contributed by atoms with Crippen molar-refractivity contribution in [3.63, 3.8) is 0 Å². The molecule has 1 heterocycles. The minimum Gasteiger partial charge on any atom is -0.399 e. The average molecular weight is 267 g/mol. The van der Waals surface area contributed by atoms with Crippen LogP contribution in [0.5, 0.6) is 0 Å². The van der Waals surface area contributed by atoms with Gasteiger partial charge in [0.1, 0.15) is 5.82 Å². The number of rotatable bonds is 2. The van der Waals surface area contributed by atoms with Gasteiger partial charge in [0.2, 0.25) is 0 Å². The van der Waals surface area contributed by atoms with Crippen LogP contribution in [0.4, 0.5) is 15.8 Å². The van der Waals surface area contributed by atoms with Crippen molar-refractivity contribution < 1.29 is 4.39 Å². The molecular weight excluding hydrogens is 253 g/mol. The maximum Gasteiger partial charge on any atom is 0.128 e. The van der Waals surface area contributed by atoms with E-state index in [1.165, 1.54) is 17.7 Å². The Balaban J connectivity index is 1.91. The molecule has 20 heavy (non-hydrogen) atoms. The zero-order valence-corrected chi connectivity index (χ0v) is 10.9. The number of benzene rings is 2. The molecule has 1 aliphatic heterocycles. The Morgan fingerprint density at radius 1 is 1.25 bits per heavy atom. The van der Waals surface area contributed by atoms with E-state index in [4.69, 9.17) is 11.0 Å². The van der Waals surface area contributed by atoms with E-state index >= 15 is 0 Å². The summed E-state index contributed by atoms with van der Waals surface area (Å²) in [5.41, 5.74) is 9.84. The molecule has 3 nitrogen and oxygen atoms in total. The van der Waals surface area contributed by atoms with E-state index in [0.29, 0.717) is 23.4 Å². The van der Waals surface area contributed by atoms with Crippen LogP contribution in [-0.4, -0.2) is 6.54 Å². The number of fused-ring (bicyclic) bond motifs is 1. The standard InChI is InChI=1S/C16H14FN3/c17-15-4-1-11(9-18)7-13(15)10-20-6-5-12-2-3-14(19)8-16(12)20/h1-4,7-8H,5-6,10,19H2. The molecule has 4 heteroatoms. The van der Waals surface area contributed by atoms with E-state index < -0.39 is 0 Å². The van der Waals surface area contributed by atoms with Crippen LogP contribution in [0.2, 0.25) is 0 Å². The lowest BCUT2D eigenvalue weighted by Gasteiger charge is -2.20. The Labute approximate surface area is 117 Å². The van der Waals surface area contributed by atoms with Gasteiger partial charge in [-0.3, -0.25) is 0 Å². The van der Waals surface area contributed by atoms with Gasteiger partial charge in [-0.1, -0.05) is 6.07 Å². The van der Waals surface area contributed by atoms with E-state index in [-0.39, 0.29) is 5.82 Å². The van der Waals surface area contributed by atoms with Crippen LogP contribution in [0.1, 0.15) is 16.7 Å². The average Bonchev–Trinajstić information content (AvgIpc) is 2.84. The molecule has 0 bridgehead atoms. The molecule has 0 atom stereocenters. The van der Waals surface area contributed by atoms with Crippen molar-refractivity contribution in [2.75, 3.05) is 17.2 Å². The first kappa shape index (κ1) is 12.5. The summed E-state index contributed by atoms with van der Waals surface area (Å²) in [5, 5.41) is 8.91. The summed E-state index contributed by atoms with van der Waals surface area (Å²) >= 11 is 0. The van der Waals surface area contributed by atoms with Gasteiger partial charge in [0.05, 0.1) is 11.6 Å². The highest BCUT2D eigenvalue weighted by Crippen LogP contribution is 2.31. The summed E-state index contributed by atoms with van der Waals surface area (Å²) in [6.07, 6.45) is 0.940. The van der Waals surface area contributed by atoms with Gasteiger partial charge in [0.15, 0.2) is 0 Å². The normalized spacial score (nSPS) is 13.1. The molecule has 0 saturated heterocycles. The molecule has 100 valence electrons. The number of nitrogens with two attached hydrogens (primary N) is 1. The van der Waals surface area contributed by atoms with Crippen molar-refractivity contribution in [3.05, 3.63) is 58.9 Å². The van der Waals surface area contributed by atoms with Crippen LogP contribution in [-0.2, 0) is 13.0 Å². The molecule has 0 aliphatic carbocycles. The summed E-state index contributed by atoms with van der Waals surface area (Å²) in [7, 11) is 0. The van der Waals surface area contributed by atoms with Gasteiger partial charge < -0.3 is 10.6 Å². The maximum atomic E-state index is 13.9.